The lowest BCUT2D eigenvalue weighted by Gasteiger charge is -2.31. The normalized spacial score (nSPS) is 12.8. The summed E-state index contributed by atoms with van der Waals surface area (Å²) in [6.45, 7) is 2.88. The van der Waals surface area contributed by atoms with Crippen LogP contribution < -0.4 is 21.5 Å². The number of nitrogens with one attached hydrogen (secondary N) is 2. The van der Waals surface area contributed by atoms with Crippen molar-refractivity contribution < 1.29 is 37.0 Å². The van der Waals surface area contributed by atoms with E-state index in [4.69, 9.17) is 17.4 Å². The van der Waals surface area contributed by atoms with Crippen molar-refractivity contribution in [1.29, 1.82) is 0 Å². The number of halogens is 2. The largest absolute Gasteiger partial charge is 0.481 e. The Labute approximate surface area is 269 Å². The Morgan fingerprint density at radius 2 is 1.78 bits per heavy atom. The number of benzene rings is 3. The Morgan fingerprint density at radius 1 is 1.04 bits per heavy atom. The first kappa shape index (κ1) is 34.1. The minimum atomic E-state index is -4.05. The summed E-state index contributed by atoms with van der Waals surface area (Å²) in [5, 5.41) is 16.5. The van der Waals surface area contributed by atoms with E-state index in [9.17, 15) is 27.9 Å². The zero-order chi connectivity index (χ0) is 33.8. The highest BCUT2D eigenvalue weighted by Crippen LogP contribution is 2.34. The molecular weight excluding hydrogens is 641 g/mol. The van der Waals surface area contributed by atoms with Crippen molar-refractivity contribution >= 4 is 61.6 Å². The zero-order valence-electron chi connectivity index (χ0n) is 24.9. The molecule has 0 bridgehead atoms. The van der Waals surface area contributed by atoms with Gasteiger partial charge in [-0.25, -0.2) is 23.4 Å². The van der Waals surface area contributed by atoms with Crippen LogP contribution in [-0.2, 0) is 24.2 Å². The summed E-state index contributed by atoms with van der Waals surface area (Å²) in [5.41, 5.74) is -0.00363. The third-order valence-electron chi connectivity index (χ3n) is 7.14. The van der Waals surface area contributed by atoms with Crippen molar-refractivity contribution in [3.05, 3.63) is 95.0 Å². The number of nitrogens with zero attached hydrogens (tertiary/aromatic N) is 2. The van der Waals surface area contributed by atoms with E-state index >= 15 is 4.39 Å². The summed E-state index contributed by atoms with van der Waals surface area (Å²) in [6, 6.07) is 10.9. The smallest absolute Gasteiger partial charge is 0.411 e. The van der Waals surface area contributed by atoms with Crippen molar-refractivity contribution in [3.63, 3.8) is 0 Å². The number of hydrogen-bond donors (Lipinski definition) is 4. The van der Waals surface area contributed by atoms with Gasteiger partial charge >= 0.3 is 12.1 Å². The quantitative estimate of drug-likeness (QED) is 0.123. The topological polar surface area (TPSA) is 181 Å². The Morgan fingerprint density at radius 3 is 2.46 bits per heavy atom. The van der Waals surface area contributed by atoms with E-state index in [1.807, 2.05) is 0 Å². The predicted molar refractivity (Wildman–Crippen MR) is 170 cm³/mol. The number of carboxylic acids is 1. The molecule has 1 aromatic heterocycles. The van der Waals surface area contributed by atoms with Gasteiger partial charge in [-0.2, -0.15) is 0 Å². The summed E-state index contributed by atoms with van der Waals surface area (Å²) in [6.07, 6.45) is 1.54. The molecule has 0 saturated carbocycles. The highest BCUT2D eigenvalue weighted by Gasteiger charge is 2.34. The Balaban J connectivity index is 1.86. The second kappa shape index (κ2) is 14.1. The van der Waals surface area contributed by atoms with Gasteiger partial charge in [0.1, 0.15) is 5.82 Å². The molecule has 15 heteroatoms. The third-order valence-corrected chi connectivity index (χ3v) is 9.60. The first-order chi connectivity index (χ1) is 21.7. The van der Waals surface area contributed by atoms with Gasteiger partial charge in [0.15, 0.2) is 15.9 Å². The molecule has 1 heterocycles. The van der Waals surface area contributed by atoms with Crippen molar-refractivity contribution in [2.45, 2.75) is 42.5 Å². The van der Waals surface area contributed by atoms with Crippen molar-refractivity contribution in [2.24, 2.45) is 5.84 Å². The molecule has 0 radical (unpaired) electrons. The number of fused-ring (bicyclic) bond motifs is 1. The number of ether oxygens (including phenoxy) is 1. The molecule has 4 aromatic rings. The monoisotopic (exact) mass is 671 g/mol. The minimum Gasteiger partial charge on any atom is -0.481 e. The summed E-state index contributed by atoms with van der Waals surface area (Å²) >= 11 is 6.18. The average molecular weight is 672 g/mol. The zero-order valence-corrected chi connectivity index (χ0v) is 26.5. The van der Waals surface area contributed by atoms with Crippen LogP contribution in [0.25, 0.3) is 10.8 Å². The van der Waals surface area contributed by atoms with Gasteiger partial charge in [-0.3, -0.25) is 24.9 Å². The van der Waals surface area contributed by atoms with E-state index in [1.54, 1.807) is 36.7 Å². The molecule has 0 fully saturated rings. The molecule has 0 aliphatic carbocycles. The molecule has 12 nitrogen and oxygen atoms in total. The molecule has 5 N–H and O–H groups in total. The lowest BCUT2D eigenvalue weighted by Crippen LogP contribution is -2.46. The molecular formula is C31H31ClFN5O7S. The summed E-state index contributed by atoms with van der Waals surface area (Å²) in [7, 11) is -2.92. The molecule has 2 amide bonds. The molecule has 0 unspecified atom stereocenters. The van der Waals surface area contributed by atoms with Crippen LogP contribution in [0.3, 0.4) is 0 Å². The first-order valence-corrected chi connectivity index (χ1v) is 15.7. The van der Waals surface area contributed by atoms with Gasteiger partial charge in [-0.15, -0.1) is 0 Å². The van der Waals surface area contributed by atoms with E-state index in [2.05, 4.69) is 20.4 Å². The highest BCUT2D eigenvalue weighted by atomic mass is 35.5. The van der Waals surface area contributed by atoms with Gasteiger partial charge in [-0.1, -0.05) is 17.7 Å². The third kappa shape index (κ3) is 7.53. The van der Waals surface area contributed by atoms with Crippen LogP contribution in [0.15, 0.2) is 78.0 Å². The SMILES string of the molecule is COC(=O)Nc1ccc(S(=O)(=O)C(C)C)c([C@@H](CC(=O)O)NC(=O)[C@@H](c2cc(Cl)ccc2F)N(N)c2ccc3cnccc3c2)c1. The first-order valence-electron chi connectivity index (χ1n) is 13.8. The van der Waals surface area contributed by atoms with Crippen molar-refractivity contribution in [1.82, 2.24) is 10.3 Å². The van der Waals surface area contributed by atoms with Gasteiger partial charge in [0.25, 0.3) is 0 Å². The average Bonchev–Trinajstić information content (AvgIpc) is 3.01. The maximum Gasteiger partial charge on any atom is 0.411 e. The lowest BCUT2D eigenvalue weighted by molar-refractivity contribution is -0.137. The number of methoxy groups -OCH3 is 1. The molecule has 0 aliphatic rings. The van der Waals surface area contributed by atoms with E-state index in [-0.39, 0.29) is 26.7 Å². The van der Waals surface area contributed by atoms with Crippen LogP contribution in [0.2, 0.25) is 5.02 Å². The number of hydrogen-bond acceptors (Lipinski definition) is 9. The van der Waals surface area contributed by atoms with E-state index < -0.39 is 57.4 Å². The molecule has 0 spiro atoms. The van der Waals surface area contributed by atoms with Gasteiger partial charge in [0, 0.05) is 34.1 Å². The Kier molecular flexibility index (Phi) is 10.5. The van der Waals surface area contributed by atoms with Gasteiger partial charge in [0.2, 0.25) is 5.91 Å². The predicted octanol–water partition coefficient (Wildman–Crippen LogP) is 5.14. The van der Waals surface area contributed by atoms with Crippen LogP contribution in [0.4, 0.5) is 20.6 Å². The molecule has 0 aliphatic heterocycles. The second-order valence-electron chi connectivity index (χ2n) is 10.5. The number of hydrazine groups is 1. The second-order valence-corrected chi connectivity index (χ2v) is 13.4. The van der Waals surface area contributed by atoms with E-state index in [1.165, 1.54) is 44.2 Å². The number of aliphatic carboxylic acids is 1. The van der Waals surface area contributed by atoms with Crippen molar-refractivity contribution in [3.8, 4) is 0 Å². The van der Waals surface area contributed by atoms with Crippen LogP contribution in [0.5, 0.6) is 0 Å². The van der Waals surface area contributed by atoms with Crippen LogP contribution in [0, 0.1) is 5.82 Å². The highest BCUT2D eigenvalue weighted by molar-refractivity contribution is 7.92. The summed E-state index contributed by atoms with van der Waals surface area (Å²) in [4.78, 5) is 42.0. The molecule has 46 heavy (non-hydrogen) atoms. The number of amides is 2. The number of carbonyl (C=O) groups is 3. The number of nitrogens with two attached hydrogens (primary N) is 1. The summed E-state index contributed by atoms with van der Waals surface area (Å²) < 4.78 is 46.7. The molecule has 242 valence electrons. The standard InChI is InChI=1S/C31H31ClFN5O7S/c1-17(2)46(43,44)27-9-6-21(36-31(42)45-3)14-24(27)26(15-28(39)40)37-30(41)29(23-13-20(32)5-8-25(23)33)38(34)22-7-4-19-16-35-11-10-18(19)12-22/h4-14,16-17,26,29H,15,34H2,1-3H3,(H,36,42)(H,37,41)(H,39,40)/t26-,29-/m1/s1. The van der Waals surface area contributed by atoms with Gasteiger partial charge in [0.05, 0.1) is 35.4 Å². The fourth-order valence-electron chi connectivity index (χ4n) is 4.77. The van der Waals surface area contributed by atoms with Crippen molar-refractivity contribution in [2.75, 3.05) is 17.4 Å². The number of carboxylic acid groups (broad SMARTS) is 1. The molecule has 2 atom stereocenters. The van der Waals surface area contributed by atoms with Crippen LogP contribution in [-0.4, -0.2) is 48.8 Å². The number of sulfone groups is 1. The number of rotatable bonds is 11. The van der Waals surface area contributed by atoms with Crippen LogP contribution in [0.1, 0.15) is 43.5 Å². The minimum absolute atomic E-state index is 0.0673. The molecule has 4 rings (SSSR count). The number of aromatic nitrogens is 1. The lowest BCUT2D eigenvalue weighted by atomic mass is 9.99. The molecule has 3 aromatic carbocycles. The van der Waals surface area contributed by atoms with E-state index in [0.29, 0.717) is 5.69 Å². The Hall–Kier alpha value is -4.79. The Bertz CT molecular complexity index is 1910. The number of anilines is 2. The fourth-order valence-corrected chi connectivity index (χ4v) is 6.24. The van der Waals surface area contributed by atoms with E-state index in [0.717, 1.165) is 29.0 Å². The number of carbonyl (C=O) groups excluding carboxylic acids is 2. The van der Waals surface area contributed by atoms with Crippen LogP contribution >= 0.6 is 11.6 Å². The fraction of sp³-hybridized carbons (Fsp3) is 0.226. The van der Waals surface area contributed by atoms with Gasteiger partial charge < -0.3 is 15.2 Å². The maximum absolute atomic E-state index is 15.3. The molecule has 0 saturated heterocycles. The maximum atomic E-state index is 15.3. The number of pyridine rings is 1. The summed E-state index contributed by atoms with van der Waals surface area (Å²) in [5.74, 6) is 3.32. The van der Waals surface area contributed by atoms with Gasteiger partial charge in [-0.05, 0) is 79.4 Å².